The number of aryl methyl sites for hydroxylation is 1. The maximum atomic E-state index is 13.0. The molecule has 0 spiro atoms. The smallest absolute Gasteiger partial charge is 0.242 e. The molecule has 4 nitrogen and oxygen atoms in total. The predicted octanol–water partition coefficient (Wildman–Crippen LogP) is 4.07. The van der Waals surface area contributed by atoms with Gasteiger partial charge in [0, 0.05) is 18.0 Å². The lowest BCUT2D eigenvalue weighted by Gasteiger charge is -2.30. The summed E-state index contributed by atoms with van der Waals surface area (Å²) < 4.78 is 0. The third-order valence-electron chi connectivity index (χ3n) is 4.60. The second kappa shape index (κ2) is 11.5. The summed E-state index contributed by atoms with van der Waals surface area (Å²) >= 11 is 1.52. The molecule has 0 fully saturated rings. The molecule has 28 heavy (non-hydrogen) atoms. The summed E-state index contributed by atoms with van der Waals surface area (Å²) in [5.74, 6) is 0.250. The van der Waals surface area contributed by atoms with Crippen LogP contribution in [0.25, 0.3) is 0 Å². The molecule has 0 radical (unpaired) electrons. The van der Waals surface area contributed by atoms with Crippen molar-refractivity contribution in [3.63, 3.8) is 0 Å². The minimum atomic E-state index is -0.435. The molecule has 2 aromatic rings. The number of likely N-dealkylation sites (N-methyl/N-ethyl adjacent to an activating group) is 1. The molecule has 0 saturated carbocycles. The summed E-state index contributed by atoms with van der Waals surface area (Å²) in [4.78, 5) is 28.4. The van der Waals surface area contributed by atoms with E-state index in [4.69, 9.17) is 0 Å². The monoisotopic (exact) mass is 398 g/mol. The van der Waals surface area contributed by atoms with Gasteiger partial charge in [-0.05, 0) is 44.4 Å². The van der Waals surface area contributed by atoms with Crippen molar-refractivity contribution in [2.24, 2.45) is 0 Å². The second-order valence-corrected chi connectivity index (χ2v) is 7.79. The van der Waals surface area contributed by atoms with E-state index >= 15 is 0 Å². The van der Waals surface area contributed by atoms with E-state index < -0.39 is 6.04 Å². The Bertz CT molecular complexity index is 747. The second-order valence-electron chi connectivity index (χ2n) is 6.74. The lowest BCUT2D eigenvalue weighted by Crippen LogP contribution is -2.50. The van der Waals surface area contributed by atoms with E-state index in [2.05, 4.69) is 17.4 Å². The molecular weight excluding hydrogens is 368 g/mol. The third-order valence-corrected chi connectivity index (χ3v) is 5.60. The normalized spacial score (nSPS) is 11.7. The Morgan fingerprint density at radius 2 is 1.71 bits per heavy atom. The van der Waals surface area contributed by atoms with Crippen LogP contribution in [0.15, 0.2) is 59.5 Å². The number of rotatable bonds is 10. The molecule has 0 aromatic heterocycles. The highest BCUT2D eigenvalue weighted by Crippen LogP contribution is 2.20. The molecule has 1 N–H and O–H groups in total. The van der Waals surface area contributed by atoms with E-state index in [0.717, 1.165) is 16.9 Å². The van der Waals surface area contributed by atoms with Crippen LogP contribution in [-0.4, -0.2) is 41.6 Å². The summed E-state index contributed by atoms with van der Waals surface area (Å²) in [7, 11) is 0. The van der Waals surface area contributed by atoms with Gasteiger partial charge in [-0.2, -0.15) is 0 Å². The zero-order valence-electron chi connectivity index (χ0n) is 17.0. The van der Waals surface area contributed by atoms with Crippen molar-refractivity contribution in [1.82, 2.24) is 10.2 Å². The van der Waals surface area contributed by atoms with Gasteiger partial charge in [-0.25, -0.2) is 0 Å². The van der Waals surface area contributed by atoms with Crippen molar-refractivity contribution < 1.29 is 9.59 Å². The van der Waals surface area contributed by atoms with E-state index in [0.29, 0.717) is 25.3 Å². The minimum absolute atomic E-state index is 0.000362. The number of nitrogens with zero attached hydrogens (tertiary/aromatic N) is 1. The van der Waals surface area contributed by atoms with Crippen LogP contribution >= 0.6 is 11.8 Å². The van der Waals surface area contributed by atoms with Gasteiger partial charge >= 0.3 is 0 Å². The van der Waals surface area contributed by atoms with Gasteiger partial charge in [0.15, 0.2) is 0 Å². The molecule has 150 valence electrons. The van der Waals surface area contributed by atoms with E-state index in [1.807, 2.05) is 63.2 Å². The van der Waals surface area contributed by atoms with Gasteiger partial charge in [-0.3, -0.25) is 9.59 Å². The zero-order chi connectivity index (χ0) is 20.4. The van der Waals surface area contributed by atoms with Crippen LogP contribution in [0.5, 0.6) is 0 Å². The first-order valence-corrected chi connectivity index (χ1v) is 10.8. The molecule has 0 aliphatic heterocycles. The summed E-state index contributed by atoms with van der Waals surface area (Å²) in [6, 6.07) is 17.8. The van der Waals surface area contributed by atoms with Crippen molar-refractivity contribution in [3.05, 3.63) is 65.7 Å². The Kier molecular flexibility index (Phi) is 9.08. The van der Waals surface area contributed by atoms with Crippen LogP contribution in [0.1, 0.15) is 31.4 Å². The SMILES string of the molecule is CCNC(=O)C(CC)N(CCc1ccccc1)C(=O)CSc1ccc(C)cc1. The van der Waals surface area contributed by atoms with Crippen molar-refractivity contribution in [2.45, 2.75) is 44.6 Å². The van der Waals surface area contributed by atoms with Crippen LogP contribution in [0.4, 0.5) is 0 Å². The third kappa shape index (κ3) is 6.71. The fourth-order valence-corrected chi connectivity index (χ4v) is 3.83. The number of carbonyl (C=O) groups excluding carboxylic acids is 2. The molecule has 2 rings (SSSR count). The molecular formula is C23H30N2O2S. The predicted molar refractivity (Wildman–Crippen MR) is 117 cm³/mol. The molecule has 1 atom stereocenters. The molecule has 0 aliphatic rings. The molecule has 2 amide bonds. The van der Waals surface area contributed by atoms with E-state index in [9.17, 15) is 9.59 Å². The number of hydrogen-bond acceptors (Lipinski definition) is 3. The molecule has 0 saturated heterocycles. The molecule has 1 unspecified atom stereocenters. The van der Waals surface area contributed by atoms with Crippen molar-refractivity contribution in [3.8, 4) is 0 Å². The largest absolute Gasteiger partial charge is 0.355 e. The standard InChI is InChI=1S/C23H30N2O2S/c1-4-21(23(27)24-5-2)25(16-15-19-9-7-6-8-10-19)22(26)17-28-20-13-11-18(3)12-14-20/h6-14,21H,4-5,15-17H2,1-3H3,(H,24,27). The summed E-state index contributed by atoms with van der Waals surface area (Å²) in [6.07, 6.45) is 1.33. The van der Waals surface area contributed by atoms with Gasteiger partial charge < -0.3 is 10.2 Å². The van der Waals surface area contributed by atoms with Gasteiger partial charge in [-0.15, -0.1) is 11.8 Å². The Hall–Kier alpha value is -2.27. The Morgan fingerprint density at radius 3 is 2.32 bits per heavy atom. The fourth-order valence-electron chi connectivity index (χ4n) is 3.05. The first kappa shape index (κ1) is 22.0. The summed E-state index contributed by atoms with van der Waals surface area (Å²) in [5.41, 5.74) is 2.36. The highest BCUT2D eigenvalue weighted by Gasteiger charge is 2.27. The lowest BCUT2D eigenvalue weighted by molar-refractivity contribution is -0.138. The number of nitrogens with one attached hydrogen (secondary N) is 1. The molecule has 0 aliphatic carbocycles. The summed E-state index contributed by atoms with van der Waals surface area (Å²) in [6.45, 7) is 6.99. The van der Waals surface area contributed by atoms with Crippen LogP contribution in [-0.2, 0) is 16.0 Å². The topological polar surface area (TPSA) is 49.4 Å². The first-order chi connectivity index (χ1) is 13.5. The Morgan fingerprint density at radius 1 is 1.04 bits per heavy atom. The molecule has 2 aromatic carbocycles. The molecule has 0 heterocycles. The van der Waals surface area contributed by atoms with Crippen molar-refractivity contribution in [2.75, 3.05) is 18.8 Å². The van der Waals surface area contributed by atoms with Gasteiger partial charge in [0.1, 0.15) is 6.04 Å². The van der Waals surface area contributed by atoms with E-state index in [-0.39, 0.29) is 11.8 Å². The number of hydrogen-bond donors (Lipinski definition) is 1. The fraction of sp³-hybridized carbons (Fsp3) is 0.391. The van der Waals surface area contributed by atoms with E-state index in [1.54, 1.807) is 4.90 Å². The maximum absolute atomic E-state index is 13.0. The first-order valence-electron chi connectivity index (χ1n) is 9.85. The number of thioether (sulfide) groups is 1. The number of amides is 2. The van der Waals surface area contributed by atoms with Gasteiger partial charge in [0.25, 0.3) is 0 Å². The van der Waals surface area contributed by atoms with Gasteiger partial charge in [0.05, 0.1) is 5.75 Å². The zero-order valence-corrected chi connectivity index (χ0v) is 17.8. The minimum Gasteiger partial charge on any atom is -0.355 e. The number of benzene rings is 2. The number of carbonyl (C=O) groups is 2. The Labute approximate surface area is 172 Å². The van der Waals surface area contributed by atoms with Crippen LogP contribution in [0, 0.1) is 6.92 Å². The van der Waals surface area contributed by atoms with Gasteiger partial charge in [0.2, 0.25) is 11.8 Å². The molecule has 0 bridgehead atoms. The quantitative estimate of drug-likeness (QED) is 0.614. The van der Waals surface area contributed by atoms with Crippen LogP contribution in [0.2, 0.25) is 0 Å². The highest BCUT2D eigenvalue weighted by atomic mass is 32.2. The Balaban J connectivity index is 2.09. The average molecular weight is 399 g/mol. The lowest BCUT2D eigenvalue weighted by atomic mass is 10.1. The van der Waals surface area contributed by atoms with E-state index in [1.165, 1.54) is 17.3 Å². The summed E-state index contributed by atoms with van der Waals surface area (Å²) in [5, 5.41) is 2.87. The van der Waals surface area contributed by atoms with Crippen molar-refractivity contribution >= 4 is 23.6 Å². The highest BCUT2D eigenvalue weighted by molar-refractivity contribution is 8.00. The average Bonchev–Trinajstić information content (AvgIpc) is 2.71. The molecule has 5 heteroatoms. The van der Waals surface area contributed by atoms with Crippen molar-refractivity contribution in [1.29, 1.82) is 0 Å². The van der Waals surface area contributed by atoms with Crippen LogP contribution in [0.3, 0.4) is 0 Å². The van der Waals surface area contributed by atoms with Gasteiger partial charge in [-0.1, -0.05) is 55.0 Å². The van der Waals surface area contributed by atoms with Crippen LogP contribution < -0.4 is 5.32 Å². The maximum Gasteiger partial charge on any atom is 0.242 e.